The van der Waals surface area contributed by atoms with Gasteiger partial charge in [-0.2, -0.15) is 0 Å². The lowest BCUT2D eigenvalue weighted by molar-refractivity contribution is 0.183. The summed E-state index contributed by atoms with van der Waals surface area (Å²) in [6, 6.07) is 6.55. The minimum Gasteiger partial charge on any atom is -0.459 e. The van der Waals surface area contributed by atoms with E-state index in [0.717, 1.165) is 37.3 Å². The van der Waals surface area contributed by atoms with Gasteiger partial charge in [0.1, 0.15) is 11.3 Å². The molecule has 2 aromatic rings. The van der Waals surface area contributed by atoms with Crippen molar-refractivity contribution < 1.29 is 9.15 Å². The number of rotatable bonds is 9. The van der Waals surface area contributed by atoms with Crippen molar-refractivity contribution in [3.63, 3.8) is 0 Å². The predicted molar refractivity (Wildman–Crippen MR) is 87.5 cm³/mol. The molecule has 1 heterocycles. The van der Waals surface area contributed by atoms with Gasteiger partial charge in [-0.1, -0.05) is 26.3 Å². The Hall–Kier alpha value is -1.32. The zero-order chi connectivity index (χ0) is 15.1. The molecular formula is C18H27NO2. The van der Waals surface area contributed by atoms with Crippen molar-refractivity contribution in [3.8, 4) is 0 Å². The average molecular weight is 289 g/mol. The largest absolute Gasteiger partial charge is 0.459 e. The molecule has 3 nitrogen and oxygen atoms in total. The summed E-state index contributed by atoms with van der Waals surface area (Å²) in [6.07, 6.45) is 4.71. The third-order valence-electron chi connectivity index (χ3n) is 3.76. The molecule has 0 spiro atoms. The number of methoxy groups -OCH3 is 1. The lowest BCUT2D eigenvalue weighted by Crippen LogP contribution is -2.14. The topological polar surface area (TPSA) is 34.4 Å². The number of ether oxygens (including phenoxy) is 1. The van der Waals surface area contributed by atoms with Crippen LogP contribution in [0.3, 0.4) is 0 Å². The maximum Gasteiger partial charge on any atom is 0.134 e. The fraction of sp³-hybridized carbons (Fsp3) is 0.556. The highest BCUT2D eigenvalue weighted by molar-refractivity contribution is 5.83. The van der Waals surface area contributed by atoms with Crippen LogP contribution in [0, 0.1) is 0 Å². The Morgan fingerprint density at radius 3 is 2.76 bits per heavy atom. The predicted octanol–water partition coefficient (Wildman–Crippen LogP) is 4.42. The number of fused-ring (bicyclic) bond motifs is 1. The van der Waals surface area contributed by atoms with Gasteiger partial charge in [-0.15, -0.1) is 0 Å². The lowest BCUT2D eigenvalue weighted by atomic mass is 10.0. The summed E-state index contributed by atoms with van der Waals surface area (Å²) in [7, 11) is 1.74. The van der Waals surface area contributed by atoms with Gasteiger partial charge in [0.25, 0.3) is 0 Å². The fourth-order valence-corrected chi connectivity index (χ4v) is 2.61. The zero-order valence-corrected chi connectivity index (χ0v) is 13.5. The van der Waals surface area contributed by atoms with E-state index in [4.69, 9.17) is 9.15 Å². The number of unbranched alkanes of at least 4 members (excludes halogenated alkanes) is 1. The summed E-state index contributed by atoms with van der Waals surface area (Å²) in [4.78, 5) is 0. The van der Waals surface area contributed by atoms with Crippen molar-refractivity contribution in [2.75, 3.05) is 13.7 Å². The van der Waals surface area contributed by atoms with E-state index in [-0.39, 0.29) is 0 Å². The van der Waals surface area contributed by atoms with E-state index >= 15 is 0 Å². The molecule has 0 amide bonds. The fourth-order valence-electron chi connectivity index (χ4n) is 2.61. The van der Waals surface area contributed by atoms with Crippen molar-refractivity contribution in [3.05, 3.63) is 35.1 Å². The first-order valence-electron chi connectivity index (χ1n) is 8.03. The Balaban J connectivity index is 2.28. The van der Waals surface area contributed by atoms with E-state index < -0.39 is 0 Å². The van der Waals surface area contributed by atoms with Crippen LogP contribution in [0.25, 0.3) is 11.0 Å². The Bertz CT molecular complexity index is 560. The quantitative estimate of drug-likeness (QED) is 0.694. The van der Waals surface area contributed by atoms with Crippen molar-refractivity contribution in [1.29, 1.82) is 0 Å². The molecule has 0 saturated carbocycles. The average Bonchev–Trinajstić information content (AvgIpc) is 2.83. The van der Waals surface area contributed by atoms with Crippen molar-refractivity contribution in [1.82, 2.24) is 5.32 Å². The molecule has 0 atom stereocenters. The maximum atomic E-state index is 6.02. The summed E-state index contributed by atoms with van der Waals surface area (Å²) in [5.41, 5.74) is 3.54. The molecule has 2 rings (SSSR count). The molecule has 21 heavy (non-hydrogen) atoms. The number of benzene rings is 1. The van der Waals surface area contributed by atoms with Crippen LogP contribution in [-0.4, -0.2) is 13.7 Å². The molecule has 116 valence electrons. The Morgan fingerprint density at radius 1 is 1.19 bits per heavy atom. The third-order valence-corrected chi connectivity index (χ3v) is 3.76. The molecular weight excluding hydrogens is 262 g/mol. The highest BCUT2D eigenvalue weighted by Gasteiger charge is 2.14. The number of hydrogen-bond acceptors (Lipinski definition) is 3. The Morgan fingerprint density at radius 2 is 2.05 bits per heavy atom. The minimum atomic E-state index is 0.605. The molecule has 1 N–H and O–H groups in total. The van der Waals surface area contributed by atoms with Gasteiger partial charge in [-0.25, -0.2) is 0 Å². The van der Waals surface area contributed by atoms with Crippen LogP contribution in [0.5, 0.6) is 0 Å². The van der Waals surface area contributed by atoms with Gasteiger partial charge in [-0.3, -0.25) is 0 Å². The second-order valence-electron chi connectivity index (χ2n) is 5.55. The second kappa shape index (κ2) is 8.20. The van der Waals surface area contributed by atoms with Crippen molar-refractivity contribution in [2.45, 2.75) is 52.7 Å². The van der Waals surface area contributed by atoms with Crippen LogP contribution in [0.15, 0.2) is 22.6 Å². The highest BCUT2D eigenvalue weighted by atomic mass is 16.5. The van der Waals surface area contributed by atoms with Crippen molar-refractivity contribution >= 4 is 11.0 Å². The zero-order valence-electron chi connectivity index (χ0n) is 13.5. The molecule has 1 aromatic carbocycles. The molecule has 3 heteroatoms. The van der Waals surface area contributed by atoms with E-state index in [0.29, 0.717) is 6.61 Å². The summed E-state index contributed by atoms with van der Waals surface area (Å²) in [6.45, 7) is 6.77. The number of aryl methyl sites for hydroxylation is 1. The Kier molecular flexibility index (Phi) is 6.27. The smallest absolute Gasteiger partial charge is 0.134 e. The van der Waals surface area contributed by atoms with E-state index in [9.17, 15) is 0 Å². The third kappa shape index (κ3) is 4.08. The maximum absolute atomic E-state index is 6.02. The van der Waals surface area contributed by atoms with Crippen LogP contribution in [0.2, 0.25) is 0 Å². The van der Waals surface area contributed by atoms with E-state index in [1.807, 2.05) is 0 Å². The molecule has 0 saturated heterocycles. The standard InChI is InChI=1S/C18H27NO2/c1-4-6-7-14-8-9-17-15(11-14)16(13-20-3)18(21-17)12-19-10-5-2/h8-9,11,19H,4-7,10,12-13H2,1-3H3. The van der Waals surface area contributed by atoms with Gasteiger partial charge >= 0.3 is 0 Å². The molecule has 0 bridgehead atoms. The molecule has 0 fully saturated rings. The minimum absolute atomic E-state index is 0.605. The monoisotopic (exact) mass is 289 g/mol. The number of hydrogen-bond donors (Lipinski definition) is 1. The Labute approximate surface area is 127 Å². The number of furan rings is 1. The first-order chi connectivity index (χ1) is 10.3. The molecule has 0 aliphatic rings. The van der Waals surface area contributed by atoms with E-state index in [1.165, 1.54) is 29.4 Å². The molecule has 0 unspecified atom stereocenters. The van der Waals surface area contributed by atoms with Gasteiger partial charge in [-0.05, 0) is 43.5 Å². The van der Waals surface area contributed by atoms with Crippen LogP contribution in [0.4, 0.5) is 0 Å². The summed E-state index contributed by atoms with van der Waals surface area (Å²) >= 11 is 0. The summed E-state index contributed by atoms with van der Waals surface area (Å²) < 4.78 is 11.4. The summed E-state index contributed by atoms with van der Waals surface area (Å²) in [5, 5.41) is 4.62. The van der Waals surface area contributed by atoms with Gasteiger partial charge < -0.3 is 14.5 Å². The normalized spacial score (nSPS) is 11.4. The SMILES string of the molecule is CCCCc1ccc2oc(CNCCC)c(COC)c2c1. The van der Waals surface area contributed by atoms with E-state index in [1.54, 1.807) is 7.11 Å². The van der Waals surface area contributed by atoms with Gasteiger partial charge in [0.2, 0.25) is 0 Å². The van der Waals surface area contributed by atoms with Gasteiger partial charge in [0.05, 0.1) is 13.2 Å². The summed E-state index contributed by atoms with van der Waals surface area (Å²) in [5.74, 6) is 1.01. The number of nitrogens with one attached hydrogen (secondary N) is 1. The van der Waals surface area contributed by atoms with Crippen LogP contribution in [-0.2, 0) is 24.3 Å². The molecule has 1 aromatic heterocycles. The van der Waals surface area contributed by atoms with Gasteiger partial charge in [0.15, 0.2) is 0 Å². The first kappa shape index (κ1) is 16.1. The van der Waals surface area contributed by atoms with Crippen LogP contribution >= 0.6 is 0 Å². The van der Waals surface area contributed by atoms with Crippen LogP contribution in [0.1, 0.15) is 50.0 Å². The van der Waals surface area contributed by atoms with E-state index in [2.05, 4.69) is 37.4 Å². The van der Waals surface area contributed by atoms with Crippen molar-refractivity contribution in [2.24, 2.45) is 0 Å². The molecule has 0 radical (unpaired) electrons. The highest BCUT2D eigenvalue weighted by Crippen LogP contribution is 2.28. The first-order valence-corrected chi connectivity index (χ1v) is 8.03. The lowest BCUT2D eigenvalue weighted by Gasteiger charge is -2.04. The molecule has 0 aliphatic carbocycles. The molecule has 0 aliphatic heterocycles. The van der Waals surface area contributed by atoms with Crippen LogP contribution < -0.4 is 5.32 Å². The second-order valence-corrected chi connectivity index (χ2v) is 5.55. The van der Waals surface area contributed by atoms with Gasteiger partial charge in [0, 0.05) is 18.1 Å².